The number of hydrogen-bond donors (Lipinski definition) is 2. The van der Waals surface area contributed by atoms with E-state index in [4.69, 9.17) is 14.2 Å². The van der Waals surface area contributed by atoms with Gasteiger partial charge < -0.3 is 19.5 Å². The molecule has 7 nitrogen and oxygen atoms in total. The van der Waals surface area contributed by atoms with Crippen molar-refractivity contribution in [2.75, 3.05) is 27.9 Å². The molecule has 0 aliphatic heterocycles. The van der Waals surface area contributed by atoms with Crippen molar-refractivity contribution in [3.8, 4) is 28.5 Å². The van der Waals surface area contributed by atoms with E-state index in [0.717, 1.165) is 0 Å². The molecule has 1 amide bonds. The summed E-state index contributed by atoms with van der Waals surface area (Å²) in [5.74, 6) is 0.224. The van der Waals surface area contributed by atoms with Crippen LogP contribution in [-0.4, -0.2) is 50.2 Å². The van der Waals surface area contributed by atoms with Gasteiger partial charge >= 0.3 is 6.18 Å². The second kappa shape index (κ2) is 7.32. The number of alkyl halides is 3. The predicted octanol–water partition coefficient (Wildman–Crippen LogP) is 2.39. The lowest BCUT2D eigenvalue weighted by atomic mass is 10.1. The van der Waals surface area contributed by atoms with E-state index >= 15 is 0 Å². The maximum atomic E-state index is 12.2. The number of hydrogen-bond acceptors (Lipinski definition) is 5. The molecule has 2 N–H and O–H groups in total. The lowest BCUT2D eigenvalue weighted by Crippen LogP contribution is -2.33. The minimum Gasteiger partial charge on any atom is -0.493 e. The van der Waals surface area contributed by atoms with Gasteiger partial charge in [-0.05, 0) is 18.2 Å². The van der Waals surface area contributed by atoms with Gasteiger partial charge in [0.1, 0.15) is 12.2 Å². The van der Waals surface area contributed by atoms with Gasteiger partial charge in [-0.1, -0.05) is 0 Å². The van der Waals surface area contributed by atoms with Gasteiger partial charge in [0.15, 0.2) is 11.5 Å². The van der Waals surface area contributed by atoms with Crippen molar-refractivity contribution >= 4 is 5.91 Å². The van der Waals surface area contributed by atoms with Crippen LogP contribution in [0, 0.1) is 0 Å². The molecule has 0 saturated heterocycles. The molecule has 0 aliphatic rings. The third-order valence-electron chi connectivity index (χ3n) is 3.23. The van der Waals surface area contributed by atoms with E-state index in [2.05, 4.69) is 10.2 Å². The number of nitrogens with one attached hydrogen (secondary N) is 2. The molecular formula is C15H16F3N3O4. The van der Waals surface area contributed by atoms with E-state index in [0.29, 0.717) is 28.5 Å². The predicted molar refractivity (Wildman–Crippen MR) is 82.1 cm³/mol. The number of methoxy groups -OCH3 is 3. The van der Waals surface area contributed by atoms with Gasteiger partial charge in [0.25, 0.3) is 5.91 Å². The molecule has 0 radical (unpaired) electrons. The molecule has 25 heavy (non-hydrogen) atoms. The molecule has 0 spiro atoms. The fraction of sp³-hybridized carbons (Fsp3) is 0.333. The normalized spacial score (nSPS) is 11.1. The molecule has 2 aromatic rings. The summed E-state index contributed by atoms with van der Waals surface area (Å²) >= 11 is 0. The van der Waals surface area contributed by atoms with E-state index in [1.54, 1.807) is 17.4 Å². The number of halogens is 3. The Hall–Kier alpha value is -2.91. The molecule has 0 bridgehead atoms. The summed E-state index contributed by atoms with van der Waals surface area (Å²) < 4.78 is 52.1. The summed E-state index contributed by atoms with van der Waals surface area (Å²) in [5, 5.41) is 8.10. The van der Waals surface area contributed by atoms with Gasteiger partial charge in [0, 0.05) is 5.56 Å². The Morgan fingerprint density at radius 1 is 1.12 bits per heavy atom. The van der Waals surface area contributed by atoms with Crippen LogP contribution in [0.4, 0.5) is 13.2 Å². The van der Waals surface area contributed by atoms with Crippen molar-refractivity contribution in [2.24, 2.45) is 0 Å². The van der Waals surface area contributed by atoms with Gasteiger partial charge in [-0.15, -0.1) is 0 Å². The highest BCUT2D eigenvalue weighted by atomic mass is 19.4. The quantitative estimate of drug-likeness (QED) is 0.827. The van der Waals surface area contributed by atoms with Crippen molar-refractivity contribution in [1.29, 1.82) is 0 Å². The van der Waals surface area contributed by atoms with Crippen molar-refractivity contribution in [2.45, 2.75) is 6.18 Å². The maximum absolute atomic E-state index is 12.2. The first-order valence-corrected chi connectivity index (χ1v) is 6.99. The second-order valence-electron chi connectivity index (χ2n) is 4.88. The molecule has 136 valence electrons. The lowest BCUT2D eigenvalue weighted by Gasteiger charge is -2.13. The zero-order valence-corrected chi connectivity index (χ0v) is 13.7. The summed E-state index contributed by atoms with van der Waals surface area (Å²) in [6.45, 7) is -1.43. The number of aromatic amines is 1. The molecule has 2 rings (SSSR count). The van der Waals surface area contributed by atoms with Crippen LogP contribution >= 0.6 is 0 Å². The molecule has 0 saturated carbocycles. The van der Waals surface area contributed by atoms with Crippen molar-refractivity contribution in [3.63, 3.8) is 0 Å². The van der Waals surface area contributed by atoms with E-state index in [1.807, 2.05) is 0 Å². The Balaban J connectivity index is 2.29. The van der Waals surface area contributed by atoms with Crippen LogP contribution in [0.1, 0.15) is 10.5 Å². The van der Waals surface area contributed by atoms with Crippen molar-refractivity contribution in [3.05, 3.63) is 23.9 Å². The highest BCUT2D eigenvalue weighted by molar-refractivity contribution is 5.93. The van der Waals surface area contributed by atoms with Gasteiger partial charge in [0.05, 0.1) is 27.0 Å². The van der Waals surface area contributed by atoms with Crippen LogP contribution in [0.25, 0.3) is 11.3 Å². The summed E-state index contributed by atoms with van der Waals surface area (Å²) in [6.07, 6.45) is -4.49. The first-order valence-electron chi connectivity index (χ1n) is 6.99. The molecule has 0 aliphatic carbocycles. The van der Waals surface area contributed by atoms with Crippen molar-refractivity contribution < 1.29 is 32.2 Å². The molecule has 1 heterocycles. The monoisotopic (exact) mass is 359 g/mol. The standard InChI is InChI=1S/C15H16F3N3O4/c1-23-11-4-8(5-12(24-2)13(11)25-3)9-6-10(21-20-9)14(22)19-7-15(16,17)18/h4-6H,7H2,1-3H3,(H,19,22)(H,20,21). The number of carbonyl (C=O) groups excluding carboxylic acids is 1. The number of carbonyl (C=O) groups is 1. The summed E-state index contributed by atoms with van der Waals surface area (Å²) in [7, 11) is 4.35. The van der Waals surface area contributed by atoms with Gasteiger partial charge in [-0.3, -0.25) is 9.89 Å². The highest BCUT2D eigenvalue weighted by Gasteiger charge is 2.28. The molecule has 0 unspecified atom stereocenters. The van der Waals surface area contributed by atoms with Crippen LogP contribution in [0.2, 0.25) is 0 Å². The fourth-order valence-corrected chi connectivity index (χ4v) is 2.09. The smallest absolute Gasteiger partial charge is 0.405 e. The number of nitrogens with zero attached hydrogens (tertiary/aromatic N) is 1. The van der Waals surface area contributed by atoms with Crippen LogP contribution in [0.3, 0.4) is 0 Å². The molecular weight excluding hydrogens is 343 g/mol. The summed E-state index contributed by atoms with van der Waals surface area (Å²) in [4.78, 5) is 11.7. The molecule has 1 aromatic carbocycles. The number of aromatic nitrogens is 2. The lowest BCUT2D eigenvalue weighted by molar-refractivity contribution is -0.123. The van der Waals surface area contributed by atoms with Gasteiger partial charge in [-0.2, -0.15) is 18.3 Å². The topological polar surface area (TPSA) is 85.5 Å². The number of rotatable bonds is 6. The maximum Gasteiger partial charge on any atom is 0.405 e. The largest absolute Gasteiger partial charge is 0.493 e. The summed E-state index contributed by atoms with van der Waals surface area (Å²) in [6, 6.07) is 4.54. The average Bonchev–Trinajstić information content (AvgIpc) is 3.07. The SMILES string of the molecule is COc1cc(-c2cc(C(=O)NCC(F)(F)F)[nH]n2)cc(OC)c1OC. The first kappa shape index (κ1) is 18.4. The molecule has 0 fully saturated rings. The number of amides is 1. The zero-order chi connectivity index (χ0) is 18.6. The van der Waals surface area contributed by atoms with Crippen LogP contribution in [0.15, 0.2) is 18.2 Å². The Morgan fingerprint density at radius 2 is 1.72 bits per heavy atom. The van der Waals surface area contributed by atoms with E-state index in [-0.39, 0.29) is 5.69 Å². The second-order valence-corrected chi connectivity index (χ2v) is 4.88. The average molecular weight is 359 g/mol. The fourth-order valence-electron chi connectivity index (χ4n) is 2.09. The van der Waals surface area contributed by atoms with Crippen LogP contribution < -0.4 is 19.5 Å². The van der Waals surface area contributed by atoms with Gasteiger partial charge in [0.2, 0.25) is 5.75 Å². The Bertz CT molecular complexity index is 734. The molecule has 0 atom stereocenters. The Morgan fingerprint density at radius 3 is 2.20 bits per heavy atom. The number of benzene rings is 1. The Labute approximate surface area is 141 Å². The molecule has 1 aromatic heterocycles. The third-order valence-corrected chi connectivity index (χ3v) is 3.23. The minimum atomic E-state index is -4.49. The number of H-pyrrole nitrogens is 1. The summed E-state index contributed by atoms with van der Waals surface area (Å²) in [5.41, 5.74) is 0.755. The third kappa shape index (κ3) is 4.34. The minimum absolute atomic E-state index is 0.104. The van der Waals surface area contributed by atoms with E-state index in [1.165, 1.54) is 27.4 Å². The zero-order valence-electron chi connectivity index (χ0n) is 13.7. The van der Waals surface area contributed by atoms with E-state index in [9.17, 15) is 18.0 Å². The number of ether oxygens (including phenoxy) is 3. The Kier molecular flexibility index (Phi) is 5.40. The van der Waals surface area contributed by atoms with Crippen molar-refractivity contribution in [1.82, 2.24) is 15.5 Å². The van der Waals surface area contributed by atoms with Crippen LogP contribution in [0.5, 0.6) is 17.2 Å². The highest BCUT2D eigenvalue weighted by Crippen LogP contribution is 2.40. The van der Waals surface area contributed by atoms with E-state index < -0.39 is 18.6 Å². The van der Waals surface area contributed by atoms with Crippen LogP contribution in [-0.2, 0) is 0 Å². The first-order chi connectivity index (χ1) is 11.8. The van der Waals surface area contributed by atoms with Gasteiger partial charge in [-0.25, -0.2) is 0 Å². The molecule has 10 heteroatoms.